The van der Waals surface area contributed by atoms with Crippen LogP contribution in [0.4, 0.5) is 5.69 Å². The monoisotopic (exact) mass is 417 g/mol. The van der Waals surface area contributed by atoms with Gasteiger partial charge in [0.15, 0.2) is 9.84 Å². The predicted molar refractivity (Wildman–Crippen MR) is 106 cm³/mol. The lowest BCUT2D eigenvalue weighted by Gasteiger charge is -2.17. The average molecular weight is 418 g/mol. The zero-order valence-electron chi connectivity index (χ0n) is 15.0. The largest absolute Gasteiger partial charge is 0.438 e. The highest BCUT2D eigenvalue weighted by molar-refractivity contribution is 7.90. The highest BCUT2D eigenvalue weighted by atomic mass is 35.5. The summed E-state index contributed by atoms with van der Waals surface area (Å²) >= 11 is 6.21. The Morgan fingerprint density at radius 1 is 1.14 bits per heavy atom. The molecule has 1 aromatic carbocycles. The number of aromatic nitrogens is 2. The number of hydrogen-bond acceptors (Lipinski definition) is 6. The van der Waals surface area contributed by atoms with Crippen LogP contribution in [0.5, 0.6) is 11.6 Å². The molecule has 0 N–H and O–H groups in total. The first-order chi connectivity index (χ1) is 13.3. The van der Waals surface area contributed by atoms with Crippen molar-refractivity contribution in [2.75, 3.05) is 18.2 Å². The lowest BCUT2D eigenvalue weighted by Crippen LogP contribution is -2.26. The average Bonchev–Trinajstić information content (AvgIpc) is 2.69. The number of rotatable bonds is 5. The van der Waals surface area contributed by atoms with Crippen LogP contribution in [-0.2, 0) is 9.84 Å². The van der Waals surface area contributed by atoms with E-state index in [2.05, 4.69) is 9.97 Å². The molecule has 2 heterocycles. The van der Waals surface area contributed by atoms with Gasteiger partial charge in [0.25, 0.3) is 5.91 Å². The van der Waals surface area contributed by atoms with E-state index in [9.17, 15) is 13.2 Å². The highest BCUT2D eigenvalue weighted by Crippen LogP contribution is 2.29. The van der Waals surface area contributed by atoms with Gasteiger partial charge in [-0.2, -0.15) is 0 Å². The molecule has 0 spiro atoms. The number of nitrogens with zero attached hydrogens (tertiary/aromatic N) is 3. The van der Waals surface area contributed by atoms with Crippen LogP contribution in [0.25, 0.3) is 0 Å². The van der Waals surface area contributed by atoms with Crippen molar-refractivity contribution >= 4 is 33.0 Å². The summed E-state index contributed by atoms with van der Waals surface area (Å²) in [5.74, 6) is 0.175. The lowest BCUT2D eigenvalue weighted by molar-refractivity contribution is 0.0992. The maximum atomic E-state index is 12.6. The van der Waals surface area contributed by atoms with Gasteiger partial charge in [-0.05, 0) is 42.5 Å². The van der Waals surface area contributed by atoms with E-state index in [1.165, 1.54) is 41.4 Å². The number of carbonyl (C=O) groups excluding carboxylic acids is 1. The van der Waals surface area contributed by atoms with Crippen LogP contribution in [-0.4, -0.2) is 37.6 Å². The molecule has 0 aliphatic heterocycles. The standard InChI is InChI=1S/C19H16ClN3O4S/c1-23(14-4-3-9-21-12-14)19(24)13-10-17(20)18(22-11-13)27-15-5-7-16(8-6-15)28(2,25)26/h3-12H,1-2H3. The Labute approximate surface area is 167 Å². The van der Waals surface area contributed by atoms with Gasteiger partial charge in [0.2, 0.25) is 5.88 Å². The zero-order chi connectivity index (χ0) is 20.3. The van der Waals surface area contributed by atoms with Crippen molar-refractivity contribution in [3.8, 4) is 11.6 Å². The molecule has 7 nitrogen and oxygen atoms in total. The van der Waals surface area contributed by atoms with Gasteiger partial charge in [-0.1, -0.05) is 11.6 Å². The number of hydrogen-bond donors (Lipinski definition) is 0. The van der Waals surface area contributed by atoms with Crippen molar-refractivity contribution in [2.24, 2.45) is 0 Å². The fourth-order valence-electron chi connectivity index (χ4n) is 2.35. The summed E-state index contributed by atoms with van der Waals surface area (Å²) in [4.78, 5) is 22.3. The zero-order valence-corrected chi connectivity index (χ0v) is 16.6. The van der Waals surface area contributed by atoms with Crippen molar-refractivity contribution in [3.05, 3.63) is 71.6 Å². The molecule has 3 rings (SSSR count). The van der Waals surface area contributed by atoms with Crippen molar-refractivity contribution in [3.63, 3.8) is 0 Å². The number of carbonyl (C=O) groups is 1. The molecule has 3 aromatic rings. The molecule has 9 heteroatoms. The summed E-state index contributed by atoms with van der Waals surface area (Å²) < 4.78 is 28.6. The number of anilines is 1. The van der Waals surface area contributed by atoms with Crippen molar-refractivity contribution in [2.45, 2.75) is 4.90 Å². The van der Waals surface area contributed by atoms with Crippen LogP contribution in [0.3, 0.4) is 0 Å². The van der Waals surface area contributed by atoms with Crippen LogP contribution in [0.1, 0.15) is 10.4 Å². The molecule has 28 heavy (non-hydrogen) atoms. The van der Waals surface area contributed by atoms with Gasteiger partial charge in [-0.3, -0.25) is 9.78 Å². The van der Waals surface area contributed by atoms with Crippen LogP contribution in [0.2, 0.25) is 5.02 Å². The number of ether oxygens (including phenoxy) is 1. The molecule has 1 amide bonds. The van der Waals surface area contributed by atoms with Gasteiger partial charge >= 0.3 is 0 Å². The molecule has 0 aliphatic carbocycles. The SMILES string of the molecule is CN(C(=O)c1cnc(Oc2ccc(S(C)(=O)=O)cc2)c(Cl)c1)c1cccnc1. The van der Waals surface area contributed by atoms with E-state index in [1.54, 1.807) is 31.6 Å². The van der Waals surface area contributed by atoms with Gasteiger partial charge in [-0.15, -0.1) is 0 Å². The van der Waals surface area contributed by atoms with Crippen LogP contribution in [0, 0.1) is 0 Å². The maximum absolute atomic E-state index is 12.6. The summed E-state index contributed by atoms with van der Waals surface area (Å²) in [6, 6.07) is 10.8. The fourth-order valence-corrected chi connectivity index (χ4v) is 3.18. The first-order valence-corrected chi connectivity index (χ1v) is 10.3. The smallest absolute Gasteiger partial charge is 0.259 e. The fraction of sp³-hybridized carbons (Fsp3) is 0.105. The first-order valence-electron chi connectivity index (χ1n) is 8.07. The molecule has 0 atom stereocenters. The molecule has 0 radical (unpaired) electrons. The lowest BCUT2D eigenvalue weighted by atomic mass is 10.2. The predicted octanol–water partition coefficient (Wildman–Crippen LogP) is 3.60. The van der Waals surface area contributed by atoms with Crippen molar-refractivity contribution < 1.29 is 17.9 Å². The molecule has 0 saturated heterocycles. The van der Waals surface area contributed by atoms with Gasteiger partial charge in [0, 0.05) is 25.7 Å². The quantitative estimate of drug-likeness (QED) is 0.630. The Kier molecular flexibility index (Phi) is 5.62. The van der Waals surface area contributed by atoms with E-state index in [0.29, 0.717) is 11.4 Å². The number of pyridine rings is 2. The summed E-state index contributed by atoms with van der Waals surface area (Å²) in [5, 5.41) is 0.151. The molecular weight excluding hydrogens is 402 g/mol. The van der Waals surface area contributed by atoms with Crippen LogP contribution < -0.4 is 9.64 Å². The minimum atomic E-state index is -3.29. The second-order valence-corrected chi connectivity index (χ2v) is 8.35. The van der Waals surface area contributed by atoms with Crippen LogP contribution in [0.15, 0.2) is 66.0 Å². The highest BCUT2D eigenvalue weighted by Gasteiger charge is 2.17. The first kappa shape index (κ1) is 19.8. The number of halogens is 1. The molecule has 0 unspecified atom stereocenters. The molecule has 144 valence electrons. The summed E-state index contributed by atoms with van der Waals surface area (Å²) in [7, 11) is -1.66. The van der Waals surface area contributed by atoms with Gasteiger partial charge in [0.1, 0.15) is 10.8 Å². The normalized spacial score (nSPS) is 11.1. The van der Waals surface area contributed by atoms with E-state index in [-0.39, 0.29) is 27.3 Å². The Hall–Kier alpha value is -2.97. The minimum Gasteiger partial charge on any atom is -0.438 e. The second kappa shape index (κ2) is 7.95. The van der Waals surface area contributed by atoms with Gasteiger partial charge < -0.3 is 9.64 Å². The van der Waals surface area contributed by atoms with E-state index in [4.69, 9.17) is 16.3 Å². The Morgan fingerprint density at radius 2 is 1.86 bits per heavy atom. The molecule has 0 fully saturated rings. The van der Waals surface area contributed by atoms with Crippen LogP contribution >= 0.6 is 11.6 Å². The summed E-state index contributed by atoms with van der Waals surface area (Å²) in [6.07, 6.45) is 5.68. The number of benzene rings is 1. The minimum absolute atomic E-state index is 0.106. The Morgan fingerprint density at radius 3 is 2.43 bits per heavy atom. The maximum Gasteiger partial charge on any atom is 0.259 e. The number of amides is 1. The third-order valence-corrected chi connectivity index (χ3v) is 5.26. The van der Waals surface area contributed by atoms with Crippen molar-refractivity contribution in [1.29, 1.82) is 0 Å². The Balaban J connectivity index is 1.78. The second-order valence-electron chi connectivity index (χ2n) is 5.93. The van der Waals surface area contributed by atoms with E-state index in [0.717, 1.165) is 6.26 Å². The Bertz CT molecular complexity index is 1100. The van der Waals surface area contributed by atoms with Gasteiger partial charge in [0.05, 0.1) is 22.3 Å². The molecule has 2 aromatic heterocycles. The van der Waals surface area contributed by atoms with Crippen molar-refractivity contribution in [1.82, 2.24) is 9.97 Å². The third kappa shape index (κ3) is 4.47. The number of sulfone groups is 1. The van der Waals surface area contributed by atoms with E-state index in [1.807, 2.05) is 0 Å². The molecule has 0 aliphatic rings. The molecular formula is C19H16ClN3O4S. The topological polar surface area (TPSA) is 89.5 Å². The molecule has 0 bridgehead atoms. The van der Waals surface area contributed by atoms with Gasteiger partial charge in [-0.25, -0.2) is 13.4 Å². The third-order valence-electron chi connectivity index (χ3n) is 3.86. The molecule has 0 saturated carbocycles. The van der Waals surface area contributed by atoms with E-state index < -0.39 is 9.84 Å². The summed E-state index contributed by atoms with van der Waals surface area (Å²) in [5.41, 5.74) is 0.922. The summed E-state index contributed by atoms with van der Waals surface area (Å²) in [6.45, 7) is 0. The van der Waals surface area contributed by atoms with E-state index >= 15 is 0 Å².